The number of anilines is 1. The Labute approximate surface area is 138 Å². The van der Waals surface area contributed by atoms with E-state index < -0.39 is 0 Å². The van der Waals surface area contributed by atoms with Crippen molar-refractivity contribution in [3.05, 3.63) is 59.8 Å². The topological polar surface area (TPSA) is 79.4 Å². The van der Waals surface area contributed by atoms with Crippen molar-refractivity contribution in [2.75, 3.05) is 19.0 Å². The Morgan fingerprint density at radius 3 is 3.17 bits per heavy atom. The average molecular weight is 320 g/mol. The van der Waals surface area contributed by atoms with Gasteiger partial charge in [-0.1, -0.05) is 0 Å². The molecule has 1 atom stereocenters. The maximum absolute atomic E-state index is 12.2. The van der Waals surface area contributed by atoms with Gasteiger partial charge in [0.1, 0.15) is 0 Å². The van der Waals surface area contributed by atoms with E-state index in [1.807, 2.05) is 42.5 Å². The zero-order valence-corrected chi connectivity index (χ0v) is 13.1. The molecule has 0 spiro atoms. The molecule has 6 nitrogen and oxygen atoms in total. The van der Waals surface area contributed by atoms with Gasteiger partial charge in [0.05, 0.1) is 23.5 Å². The number of hydrogen-bond donors (Lipinski definition) is 2. The van der Waals surface area contributed by atoms with E-state index in [9.17, 15) is 4.79 Å². The fourth-order valence-electron chi connectivity index (χ4n) is 2.77. The van der Waals surface area contributed by atoms with Crippen LogP contribution in [0.4, 0.5) is 5.69 Å². The summed E-state index contributed by atoms with van der Waals surface area (Å²) in [5, 5.41) is 11.2. The maximum atomic E-state index is 12.2. The minimum atomic E-state index is -0.210. The van der Waals surface area contributed by atoms with Crippen molar-refractivity contribution >= 4 is 28.2 Å². The molecule has 1 aliphatic carbocycles. The third kappa shape index (κ3) is 2.68. The van der Waals surface area contributed by atoms with E-state index in [0.29, 0.717) is 17.8 Å². The van der Waals surface area contributed by atoms with Crippen LogP contribution >= 0.6 is 0 Å². The van der Waals surface area contributed by atoms with Gasteiger partial charge >= 0.3 is 0 Å². The zero-order chi connectivity index (χ0) is 16.5. The molecule has 2 N–H and O–H groups in total. The van der Waals surface area contributed by atoms with Crippen LogP contribution in [0.2, 0.25) is 0 Å². The average Bonchev–Trinajstić information content (AvgIpc) is 3.07. The Hall–Kier alpha value is -2.99. The number of aromatic amines is 1. The van der Waals surface area contributed by atoms with Gasteiger partial charge in [0.2, 0.25) is 0 Å². The number of H-pyrrole nitrogens is 1. The first-order valence-electron chi connectivity index (χ1n) is 7.67. The van der Waals surface area contributed by atoms with Gasteiger partial charge in [0.25, 0.3) is 5.91 Å². The molecule has 2 heterocycles. The van der Waals surface area contributed by atoms with Crippen LogP contribution in [-0.4, -0.2) is 41.6 Å². The van der Waals surface area contributed by atoms with Gasteiger partial charge in [-0.3, -0.25) is 9.89 Å². The zero-order valence-electron chi connectivity index (χ0n) is 13.1. The maximum Gasteiger partial charge on any atom is 0.275 e. The summed E-state index contributed by atoms with van der Waals surface area (Å²) in [5.41, 5.74) is 4.11. The number of rotatable bonds is 4. The Bertz CT molecular complexity index is 933. The number of aromatic nitrogens is 2. The number of amides is 1. The van der Waals surface area contributed by atoms with E-state index >= 15 is 0 Å². The van der Waals surface area contributed by atoms with E-state index in [0.717, 1.165) is 22.2 Å². The third-order valence-corrected chi connectivity index (χ3v) is 4.11. The van der Waals surface area contributed by atoms with Gasteiger partial charge < -0.3 is 10.1 Å². The molecule has 1 aliphatic heterocycles. The van der Waals surface area contributed by atoms with Gasteiger partial charge in [0.15, 0.2) is 0 Å². The molecule has 1 amide bonds. The number of nitrogens with one attached hydrogen (secondary N) is 2. The number of aliphatic imine (C=N–C) groups is 1. The second-order valence-corrected chi connectivity index (χ2v) is 5.68. The molecular weight excluding hydrogens is 304 g/mol. The quantitative estimate of drug-likeness (QED) is 0.906. The number of methoxy groups -OCH3 is 1. The van der Waals surface area contributed by atoms with Gasteiger partial charge in [-0.2, -0.15) is 5.10 Å². The lowest BCUT2D eigenvalue weighted by Gasteiger charge is -2.19. The first-order chi connectivity index (χ1) is 11.7. The fourth-order valence-corrected chi connectivity index (χ4v) is 2.77. The molecule has 2 aliphatic rings. The molecule has 0 saturated carbocycles. The second-order valence-electron chi connectivity index (χ2n) is 5.68. The highest BCUT2D eigenvalue weighted by Gasteiger charge is 2.21. The van der Waals surface area contributed by atoms with Crippen molar-refractivity contribution in [3.63, 3.8) is 0 Å². The number of carbonyl (C=O) groups is 1. The van der Waals surface area contributed by atoms with Crippen LogP contribution in [0.5, 0.6) is 0 Å². The van der Waals surface area contributed by atoms with E-state index in [2.05, 4.69) is 20.5 Å². The number of carbonyl (C=O) groups excluding carboxylic acids is 1. The molecule has 24 heavy (non-hydrogen) atoms. The van der Waals surface area contributed by atoms with Crippen molar-refractivity contribution in [2.24, 2.45) is 4.99 Å². The Kier molecular flexibility index (Phi) is 3.59. The minimum absolute atomic E-state index is 0.0830. The number of dihydropyridines is 1. The molecule has 1 unspecified atom stereocenters. The lowest BCUT2D eigenvalue weighted by atomic mass is 9.96. The van der Waals surface area contributed by atoms with Gasteiger partial charge in [-0.15, -0.1) is 0 Å². The molecule has 0 radical (unpaired) electrons. The summed E-state index contributed by atoms with van der Waals surface area (Å²) in [4.78, 5) is 16.3. The Morgan fingerprint density at radius 1 is 1.38 bits per heavy atom. The lowest BCUT2D eigenvalue weighted by molar-refractivity contribution is -0.114. The minimum Gasteiger partial charge on any atom is -0.381 e. The normalized spacial score (nSPS) is 19.6. The Balaban J connectivity index is 1.52. The number of hydrogen-bond acceptors (Lipinski definition) is 4. The first-order valence-corrected chi connectivity index (χ1v) is 7.67. The summed E-state index contributed by atoms with van der Waals surface area (Å²) in [6, 6.07) is 5.91. The van der Waals surface area contributed by atoms with Crippen LogP contribution in [0.1, 0.15) is 0 Å². The van der Waals surface area contributed by atoms with E-state index in [1.165, 1.54) is 0 Å². The van der Waals surface area contributed by atoms with Gasteiger partial charge in [-0.05, 0) is 48.1 Å². The predicted molar refractivity (Wildman–Crippen MR) is 93.1 cm³/mol. The van der Waals surface area contributed by atoms with Crippen LogP contribution in [0.15, 0.2) is 64.8 Å². The van der Waals surface area contributed by atoms with Crippen LogP contribution in [0, 0.1) is 0 Å². The van der Waals surface area contributed by atoms with Crippen molar-refractivity contribution in [1.29, 1.82) is 0 Å². The van der Waals surface area contributed by atoms with Crippen LogP contribution in [-0.2, 0) is 9.53 Å². The smallest absolute Gasteiger partial charge is 0.275 e. The van der Waals surface area contributed by atoms with E-state index in [4.69, 9.17) is 4.74 Å². The first kappa shape index (κ1) is 14.6. The molecule has 120 valence electrons. The summed E-state index contributed by atoms with van der Waals surface area (Å²) in [6.45, 7) is 0.411. The predicted octanol–water partition coefficient (Wildman–Crippen LogP) is 2.39. The van der Waals surface area contributed by atoms with Crippen molar-refractivity contribution in [3.8, 4) is 0 Å². The van der Waals surface area contributed by atoms with Crippen molar-refractivity contribution in [2.45, 2.75) is 6.10 Å². The highest BCUT2D eigenvalue weighted by molar-refractivity contribution is 6.20. The van der Waals surface area contributed by atoms with Crippen molar-refractivity contribution < 1.29 is 9.53 Å². The molecule has 0 fully saturated rings. The summed E-state index contributed by atoms with van der Waals surface area (Å²) in [5.74, 6) is -0.210. The molecule has 1 aromatic carbocycles. The standard InChI is InChI=1S/C18H16N4O2/c1-24-15-4-5-16-12(7-15)6-13(18(23)21-16)9-19-14-3-2-11-10-20-22-17(11)8-14/h2-8,10,15,19H,9H2,1H3,(H,20,22). The number of allylic oxidation sites excluding steroid dienone is 3. The highest BCUT2D eigenvalue weighted by Crippen LogP contribution is 2.21. The van der Waals surface area contributed by atoms with Gasteiger partial charge in [-0.25, -0.2) is 4.99 Å². The number of fused-ring (bicyclic) bond motifs is 2. The monoisotopic (exact) mass is 320 g/mol. The Morgan fingerprint density at radius 2 is 2.29 bits per heavy atom. The van der Waals surface area contributed by atoms with Crippen LogP contribution < -0.4 is 5.32 Å². The molecule has 1 aromatic heterocycles. The highest BCUT2D eigenvalue weighted by atomic mass is 16.5. The molecule has 0 saturated heterocycles. The number of ether oxygens (including phenoxy) is 1. The third-order valence-electron chi connectivity index (χ3n) is 4.11. The summed E-state index contributed by atoms with van der Waals surface area (Å²) in [7, 11) is 1.65. The summed E-state index contributed by atoms with van der Waals surface area (Å²) >= 11 is 0. The molecular formula is C18H16N4O2. The van der Waals surface area contributed by atoms with E-state index in [1.54, 1.807) is 13.3 Å². The van der Waals surface area contributed by atoms with Crippen LogP contribution in [0.3, 0.4) is 0 Å². The lowest BCUT2D eigenvalue weighted by Crippen LogP contribution is -2.21. The number of nitrogens with zero attached hydrogens (tertiary/aromatic N) is 2. The summed E-state index contributed by atoms with van der Waals surface area (Å²) < 4.78 is 5.31. The van der Waals surface area contributed by atoms with Crippen molar-refractivity contribution in [1.82, 2.24) is 10.2 Å². The largest absolute Gasteiger partial charge is 0.381 e. The molecule has 2 aromatic rings. The van der Waals surface area contributed by atoms with E-state index in [-0.39, 0.29) is 12.0 Å². The van der Waals surface area contributed by atoms with Crippen LogP contribution in [0.25, 0.3) is 10.9 Å². The summed E-state index contributed by atoms with van der Waals surface area (Å²) in [6.07, 6.45) is 9.24. The van der Waals surface area contributed by atoms with Gasteiger partial charge in [0, 0.05) is 30.3 Å². The molecule has 4 rings (SSSR count). The molecule has 0 bridgehead atoms. The number of benzene rings is 1. The fraction of sp³-hybridized carbons (Fsp3) is 0.167. The second kappa shape index (κ2) is 5.90. The molecule has 6 heteroatoms. The SMILES string of the molecule is COC1C=CC2=NC(=O)C(CNc3ccc4cn[nH]c4c3)=CC2=C1.